The molecule has 21 heavy (non-hydrogen) atoms. The summed E-state index contributed by atoms with van der Waals surface area (Å²) >= 11 is 0. The van der Waals surface area contributed by atoms with Gasteiger partial charge < -0.3 is 20.1 Å². The van der Waals surface area contributed by atoms with E-state index in [1.54, 1.807) is 31.4 Å². The van der Waals surface area contributed by atoms with Gasteiger partial charge in [-0.25, -0.2) is 4.79 Å². The molecule has 2 amide bonds. The summed E-state index contributed by atoms with van der Waals surface area (Å²) in [6.45, 7) is 3.11. The van der Waals surface area contributed by atoms with Gasteiger partial charge in [0.1, 0.15) is 5.75 Å². The minimum atomic E-state index is -0.456. The van der Waals surface area contributed by atoms with Gasteiger partial charge in [-0.2, -0.15) is 0 Å². The van der Waals surface area contributed by atoms with Crippen molar-refractivity contribution >= 4 is 12.0 Å². The lowest BCUT2D eigenvalue weighted by atomic mass is 10.2. The summed E-state index contributed by atoms with van der Waals surface area (Å²) in [5.41, 5.74) is 0.543. The van der Waals surface area contributed by atoms with Crippen LogP contribution in [0.3, 0.4) is 0 Å². The molecule has 1 aromatic rings. The van der Waals surface area contributed by atoms with Crippen molar-refractivity contribution in [2.75, 3.05) is 26.8 Å². The molecule has 0 spiro atoms. The molecule has 0 heterocycles. The van der Waals surface area contributed by atoms with E-state index in [9.17, 15) is 9.59 Å². The number of nitrogens with one attached hydrogen (secondary N) is 2. The standard InChI is InChI=1S/C15H22N2O4/c1-3-4-11-21-15(19)17-10-9-16-14(18)12-5-7-13(20-2)8-6-12/h5-8H,3-4,9-11H2,1-2H3,(H,16,18)(H,17,19). The van der Waals surface area contributed by atoms with Crippen LogP contribution in [0.1, 0.15) is 30.1 Å². The summed E-state index contributed by atoms with van der Waals surface area (Å²) in [6.07, 6.45) is 1.37. The van der Waals surface area contributed by atoms with Gasteiger partial charge in [-0.1, -0.05) is 13.3 Å². The van der Waals surface area contributed by atoms with Crippen molar-refractivity contribution in [3.63, 3.8) is 0 Å². The molecule has 116 valence electrons. The van der Waals surface area contributed by atoms with Crippen LogP contribution in [-0.2, 0) is 4.74 Å². The van der Waals surface area contributed by atoms with E-state index in [1.807, 2.05) is 6.92 Å². The Balaban J connectivity index is 2.19. The Morgan fingerprint density at radius 1 is 1.10 bits per heavy atom. The molecule has 0 aliphatic carbocycles. The molecule has 0 saturated heterocycles. The number of ether oxygens (including phenoxy) is 2. The van der Waals surface area contributed by atoms with Gasteiger partial charge >= 0.3 is 6.09 Å². The van der Waals surface area contributed by atoms with E-state index in [0.29, 0.717) is 31.0 Å². The Labute approximate surface area is 124 Å². The number of carbonyl (C=O) groups is 2. The van der Waals surface area contributed by atoms with E-state index in [2.05, 4.69) is 10.6 Å². The predicted octanol–water partition coefficient (Wildman–Crippen LogP) is 1.95. The molecule has 1 aromatic carbocycles. The van der Waals surface area contributed by atoms with E-state index in [0.717, 1.165) is 12.8 Å². The van der Waals surface area contributed by atoms with E-state index in [4.69, 9.17) is 9.47 Å². The van der Waals surface area contributed by atoms with Gasteiger partial charge in [0, 0.05) is 18.7 Å². The van der Waals surface area contributed by atoms with Gasteiger partial charge in [-0.05, 0) is 30.7 Å². The molecular formula is C15H22N2O4. The smallest absolute Gasteiger partial charge is 0.407 e. The highest BCUT2D eigenvalue weighted by molar-refractivity contribution is 5.94. The van der Waals surface area contributed by atoms with Gasteiger partial charge in [0.15, 0.2) is 0 Å². The summed E-state index contributed by atoms with van der Waals surface area (Å²) in [5, 5.41) is 5.28. The number of rotatable bonds is 8. The molecule has 0 unspecified atom stereocenters. The van der Waals surface area contributed by atoms with Crippen molar-refractivity contribution < 1.29 is 19.1 Å². The third kappa shape index (κ3) is 6.65. The van der Waals surface area contributed by atoms with Crippen LogP contribution in [0.5, 0.6) is 5.75 Å². The van der Waals surface area contributed by atoms with Crippen LogP contribution in [-0.4, -0.2) is 38.8 Å². The zero-order chi connectivity index (χ0) is 15.5. The second-order valence-electron chi connectivity index (χ2n) is 4.40. The number of unbranched alkanes of at least 4 members (excludes halogenated alkanes) is 1. The molecule has 0 bridgehead atoms. The number of carbonyl (C=O) groups excluding carboxylic acids is 2. The van der Waals surface area contributed by atoms with Crippen LogP contribution in [0, 0.1) is 0 Å². The first-order valence-corrected chi connectivity index (χ1v) is 7.00. The van der Waals surface area contributed by atoms with Crippen molar-refractivity contribution in [2.45, 2.75) is 19.8 Å². The first-order valence-electron chi connectivity index (χ1n) is 7.00. The Kier molecular flexibility index (Phi) is 7.71. The number of hydrogen-bond donors (Lipinski definition) is 2. The molecule has 0 atom stereocenters. The Hall–Kier alpha value is -2.24. The molecular weight excluding hydrogens is 272 g/mol. The van der Waals surface area contributed by atoms with E-state index >= 15 is 0 Å². The van der Waals surface area contributed by atoms with Crippen molar-refractivity contribution in [2.24, 2.45) is 0 Å². The van der Waals surface area contributed by atoms with Gasteiger partial charge in [-0.15, -0.1) is 0 Å². The fraction of sp³-hybridized carbons (Fsp3) is 0.467. The van der Waals surface area contributed by atoms with Gasteiger partial charge in [0.05, 0.1) is 13.7 Å². The summed E-state index contributed by atoms with van der Waals surface area (Å²) < 4.78 is 9.94. The molecule has 0 aliphatic rings. The zero-order valence-corrected chi connectivity index (χ0v) is 12.5. The van der Waals surface area contributed by atoms with Gasteiger partial charge in [-0.3, -0.25) is 4.79 Å². The van der Waals surface area contributed by atoms with Gasteiger partial charge in [0.2, 0.25) is 0 Å². The van der Waals surface area contributed by atoms with Crippen LogP contribution < -0.4 is 15.4 Å². The van der Waals surface area contributed by atoms with Crippen LogP contribution in [0.4, 0.5) is 4.79 Å². The Bertz CT molecular complexity index is 445. The maximum Gasteiger partial charge on any atom is 0.407 e. The first kappa shape index (κ1) is 16.8. The Morgan fingerprint density at radius 3 is 2.38 bits per heavy atom. The minimum Gasteiger partial charge on any atom is -0.497 e. The summed E-state index contributed by atoms with van der Waals surface area (Å²) in [6, 6.07) is 6.80. The number of alkyl carbamates (subject to hydrolysis) is 1. The quantitative estimate of drug-likeness (QED) is 0.718. The van der Waals surface area contributed by atoms with Crippen LogP contribution in [0.25, 0.3) is 0 Å². The average Bonchev–Trinajstić information content (AvgIpc) is 2.51. The number of methoxy groups -OCH3 is 1. The maximum atomic E-state index is 11.8. The van der Waals surface area contributed by atoms with E-state index in [1.165, 1.54) is 0 Å². The highest BCUT2D eigenvalue weighted by Gasteiger charge is 2.05. The maximum absolute atomic E-state index is 11.8. The molecule has 0 saturated carbocycles. The second kappa shape index (κ2) is 9.63. The molecule has 0 aromatic heterocycles. The van der Waals surface area contributed by atoms with Crippen LogP contribution >= 0.6 is 0 Å². The number of benzene rings is 1. The largest absolute Gasteiger partial charge is 0.497 e. The molecule has 0 fully saturated rings. The fourth-order valence-electron chi connectivity index (χ4n) is 1.55. The monoisotopic (exact) mass is 294 g/mol. The second-order valence-corrected chi connectivity index (χ2v) is 4.40. The number of hydrogen-bond acceptors (Lipinski definition) is 4. The minimum absolute atomic E-state index is 0.196. The highest BCUT2D eigenvalue weighted by atomic mass is 16.5. The summed E-state index contributed by atoms with van der Waals surface area (Å²) in [7, 11) is 1.57. The third-order valence-electron chi connectivity index (χ3n) is 2.76. The molecule has 0 aliphatic heterocycles. The summed E-state index contributed by atoms with van der Waals surface area (Å²) in [4.78, 5) is 23.0. The van der Waals surface area contributed by atoms with Crippen molar-refractivity contribution in [3.8, 4) is 5.75 Å². The molecule has 2 N–H and O–H groups in total. The van der Waals surface area contributed by atoms with Crippen LogP contribution in [0.2, 0.25) is 0 Å². The van der Waals surface area contributed by atoms with Crippen molar-refractivity contribution in [3.05, 3.63) is 29.8 Å². The third-order valence-corrected chi connectivity index (χ3v) is 2.76. The fourth-order valence-corrected chi connectivity index (χ4v) is 1.55. The summed E-state index contributed by atoms with van der Waals surface area (Å²) in [5.74, 6) is 0.502. The molecule has 6 nitrogen and oxygen atoms in total. The van der Waals surface area contributed by atoms with Crippen LogP contribution in [0.15, 0.2) is 24.3 Å². The van der Waals surface area contributed by atoms with Gasteiger partial charge in [0.25, 0.3) is 5.91 Å². The first-order chi connectivity index (χ1) is 10.2. The predicted molar refractivity (Wildman–Crippen MR) is 79.6 cm³/mol. The van der Waals surface area contributed by atoms with E-state index < -0.39 is 6.09 Å². The normalized spacial score (nSPS) is 9.81. The topological polar surface area (TPSA) is 76.7 Å². The molecule has 1 rings (SSSR count). The lowest BCUT2D eigenvalue weighted by Crippen LogP contribution is -2.35. The number of amides is 2. The zero-order valence-electron chi connectivity index (χ0n) is 12.5. The van der Waals surface area contributed by atoms with E-state index in [-0.39, 0.29) is 5.91 Å². The lowest BCUT2D eigenvalue weighted by Gasteiger charge is -2.08. The highest BCUT2D eigenvalue weighted by Crippen LogP contribution is 2.10. The molecule has 6 heteroatoms. The lowest BCUT2D eigenvalue weighted by molar-refractivity contribution is 0.0952. The SMILES string of the molecule is CCCCOC(=O)NCCNC(=O)c1ccc(OC)cc1. The average molecular weight is 294 g/mol. The van der Waals surface area contributed by atoms with Crippen molar-refractivity contribution in [1.82, 2.24) is 10.6 Å². The molecule has 0 radical (unpaired) electrons. The Morgan fingerprint density at radius 2 is 1.76 bits per heavy atom. The van der Waals surface area contributed by atoms with Crippen molar-refractivity contribution in [1.29, 1.82) is 0 Å².